The molecule has 1 unspecified atom stereocenters. The monoisotopic (exact) mass is 228 g/mol. The second-order valence-corrected chi connectivity index (χ2v) is 4.96. The molecule has 1 fully saturated rings. The van der Waals surface area contributed by atoms with E-state index in [1.807, 2.05) is 23.9 Å². The van der Waals surface area contributed by atoms with Gasteiger partial charge in [-0.05, 0) is 37.6 Å². The molecule has 0 amide bonds. The minimum Gasteiger partial charge on any atom is -0.316 e. The number of nitrogens with zero attached hydrogens (tertiary/aromatic N) is 1. The number of nitrogens with one attached hydrogen (secondary N) is 1. The number of rotatable bonds is 3. The topological polar surface area (TPSA) is 24.9 Å². The van der Waals surface area contributed by atoms with Gasteiger partial charge in [-0.3, -0.25) is 0 Å². The predicted molar refractivity (Wildman–Crippen MR) is 60.9 cm³/mol. The number of thioether (sulfide) groups is 1. The highest BCUT2D eigenvalue weighted by Crippen LogP contribution is 2.22. The average Bonchev–Trinajstić information content (AvgIpc) is 2.70. The van der Waals surface area contributed by atoms with Crippen molar-refractivity contribution in [3.8, 4) is 0 Å². The van der Waals surface area contributed by atoms with Crippen molar-refractivity contribution in [1.29, 1.82) is 0 Å². The first-order valence-electron chi connectivity index (χ1n) is 4.79. The van der Waals surface area contributed by atoms with Crippen LogP contribution in [0.2, 0.25) is 5.02 Å². The van der Waals surface area contributed by atoms with E-state index >= 15 is 0 Å². The Kier molecular flexibility index (Phi) is 3.67. The van der Waals surface area contributed by atoms with Gasteiger partial charge in [-0.1, -0.05) is 11.6 Å². The third kappa shape index (κ3) is 2.87. The Morgan fingerprint density at radius 2 is 2.50 bits per heavy atom. The molecule has 76 valence electrons. The maximum Gasteiger partial charge on any atom is 0.0961 e. The first-order valence-corrected chi connectivity index (χ1v) is 6.16. The van der Waals surface area contributed by atoms with Gasteiger partial charge < -0.3 is 5.32 Å². The number of pyridine rings is 1. The Morgan fingerprint density at radius 1 is 1.57 bits per heavy atom. The molecular formula is C10H13ClN2S. The molecule has 2 heterocycles. The number of hydrogen-bond donors (Lipinski definition) is 1. The van der Waals surface area contributed by atoms with Crippen LogP contribution in [0, 0.1) is 5.92 Å². The van der Waals surface area contributed by atoms with Gasteiger partial charge in [0.05, 0.1) is 10.0 Å². The SMILES string of the molecule is Clc1ccc(SCC2CCNC2)nc1. The van der Waals surface area contributed by atoms with E-state index in [0.717, 1.165) is 23.2 Å². The first-order chi connectivity index (χ1) is 6.84. The molecule has 1 aromatic heterocycles. The summed E-state index contributed by atoms with van der Waals surface area (Å²) >= 11 is 7.57. The molecule has 0 aliphatic carbocycles. The van der Waals surface area contributed by atoms with Gasteiger partial charge in [0.25, 0.3) is 0 Å². The Morgan fingerprint density at radius 3 is 3.14 bits per heavy atom. The molecule has 0 aromatic carbocycles. The summed E-state index contributed by atoms with van der Waals surface area (Å²) in [5.41, 5.74) is 0. The molecule has 1 aromatic rings. The van der Waals surface area contributed by atoms with Crippen LogP contribution in [0.15, 0.2) is 23.4 Å². The van der Waals surface area contributed by atoms with Crippen molar-refractivity contribution in [3.63, 3.8) is 0 Å². The van der Waals surface area contributed by atoms with Gasteiger partial charge in [0, 0.05) is 11.9 Å². The van der Waals surface area contributed by atoms with Crippen molar-refractivity contribution in [2.45, 2.75) is 11.4 Å². The third-order valence-electron chi connectivity index (χ3n) is 2.33. The van der Waals surface area contributed by atoms with Gasteiger partial charge in [-0.2, -0.15) is 0 Å². The average molecular weight is 229 g/mol. The van der Waals surface area contributed by atoms with Crippen molar-refractivity contribution >= 4 is 23.4 Å². The lowest BCUT2D eigenvalue weighted by molar-refractivity contribution is 0.662. The summed E-state index contributed by atoms with van der Waals surface area (Å²) in [6.45, 7) is 2.32. The maximum atomic E-state index is 5.76. The van der Waals surface area contributed by atoms with E-state index in [4.69, 9.17) is 11.6 Å². The Labute approximate surface area is 93.4 Å². The minimum atomic E-state index is 0.705. The minimum absolute atomic E-state index is 0.705. The molecule has 1 aliphatic heterocycles. The number of hydrogen-bond acceptors (Lipinski definition) is 3. The fourth-order valence-corrected chi connectivity index (χ4v) is 2.60. The molecule has 1 aliphatic rings. The summed E-state index contributed by atoms with van der Waals surface area (Å²) < 4.78 is 0. The van der Waals surface area contributed by atoms with E-state index in [0.29, 0.717) is 5.02 Å². The van der Waals surface area contributed by atoms with Gasteiger partial charge in [-0.15, -0.1) is 11.8 Å². The van der Waals surface area contributed by atoms with Gasteiger partial charge in [0.1, 0.15) is 0 Å². The molecule has 0 radical (unpaired) electrons. The van der Waals surface area contributed by atoms with Crippen LogP contribution in [-0.2, 0) is 0 Å². The van der Waals surface area contributed by atoms with Crippen molar-refractivity contribution in [2.75, 3.05) is 18.8 Å². The molecule has 1 saturated heterocycles. The number of aromatic nitrogens is 1. The van der Waals surface area contributed by atoms with Crippen LogP contribution >= 0.6 is 23.4 Å². The zero-order valence-electron chi connectivity index (χ0n) is 7.87. The van der Waals surface area contributed by atoms with Gasteiger partial charge in [0.2, 0.25) is 0 Å². The fraction of sp³-hybridized carbons (Fsp3) is 0.500. The quantitative estimate of drug-likeness (QED) is 0.805. The smallest absolute Gasteiger partial charge is 0.0961 e. The van der Waals surface area contributed by atoms with Gasteiger partial charge in [-0.25, -0.2) is 4.98 Å². The third-order valence-corrected chi connectivity index (χ3v) is 3.73. The summed E-state index contributed by atoms with van der Waals surface area (Å²) in [7, 11) is 0. The summed E-state index contributed by atoms with van der Waals surface area (Å²) in [6, 6.07) is 3.87. The molecule has 1 atom stereocenters. The molecule has 1 N–H and O–H groups in total. The molecule has 4 heteroatoms. The van der Waals surface area contributed by atoms with Crippen LogP contribution in [0.5, 0.6) is 0 Å². The largest absolute Gasteiger partial charge is 0.316 e. The molecular weight excluding hydrogens is 216 g/mol. The van der Waals surface area contributed by atoms with E-state index in [9.17, 15) is 0 Å². The molecule has 14 heavy (non-hydrogen) atoms. The number of halogens is 1. The lowest BCUT2D eigenvalue weighted by Crippen LogP contribution is -2.10. The molecule has 0 saturated carbocycles. The highest BCUT2D eigenvalue weighted by atomic mass is 35.5. The Bertz CT molecular complexity index is 283. The molecule has 0 bridgehead atoms. The maximum absolute atomic E-state index is 5.76. The van der Waals surface area contributed by atoms with Crippen LogP contribution in [0.3, 0.4) is 0 Å². The van der Waals surface area contributed by atoms with E-state index in [2.05, 4.69) is 10.3 Å². The van der Waals surface area contributed by atoms with Crippen LogP contribution in [0.4, 0.5) is 0 Å². The van der Waals surface area contributed by atoms with Crippen LogP contribution < -0.4 is 5.32 Å². The van der Waals surface area contributed by atoms with Crippen LogP contribution in [0.1, 0.15) is 6.42 Å². The summed E-state index contributed by atoms with van der Waals surface area (Å²) in [5.74, 6) is 1.96. The Hall–Kier alpha value is -0.250. The zero-order chi connectivity index (χ0) is 9.80. The van der Waals surface area contributed by atoms with Crippen molar-refractivity contribution in [3.05, 3.63) is 23.4 Å². The van der Waals surface area contributed by atoms with Crippen molar-refractivity contribution in [1.82, 2.24) is 10.3 Å². The zero-order valence-corrected chi connectivity index (χ0v) is 9.44. The highest BCUT2D eigenvalue weighted by Gasteiger charge is 2.14. The van der Waals surface area contributed by atoms with Crippen molar-refractivity contribution < 1.29 is 0 Å². The van der Waals surface area contributed by atoms with E-state index in [1.165, 1.54) is 13.0 Å². The molecule has 0 spiro atoms. The van der Waals surface area contributed by atoms with Gasteiger partial charge in [0.15, 0.2) is 0 Å². The highest BCUT2D eigenvalue weighted by molar-refractivity contribution is 7.99. The summed E-state index contributed by atoms with van der Waals surface area (Å²) in [5, 5.41) is 5.14. The Balaban J connectivity index is 1.82. The van der Waals surface area contributed by atoms with Gasteiger partial charge >= 0.3 is 0 Å². The van der Waals surface area contributed by atoms with E-state index < -0.39 is 0 Å². The second kappa shape index (κ2) is 5.01. The molecule has 2 rings (SSSR count). The van der Waals surface area contributed by atoms with E-state index in [1.54, 1.807) is 6.20 Å². The molecule has 2 nitrogen and oxygen atoms in total. The lowest BCUT2D eigenvalue weighted by atomic mass is 10.2. The van der Waals surface area contributed by atoms with Crippen LogP contribution in [-0.4, -0.2) is 23.8 Å². The van der Waals surface area contributed by atoms with Crippen molar-refractivity contribution in [2.24, 2.45) is 5.92 Å². The van der Waals surface area contributed by atoms with E-state index in [-0.39, 0.29) is 0 Å². The second-order valence-electron chi connectivity index (χ2n) is 3.48. The normalized spacial score (nSPS) is 21.4. The standard InChI is InChI=1S/C10H13ClN2S/c11-9-1-2-10(13-6-9)14-7-8-3-4-12-5-8/h1-2,6,8,12H,3-5,7H2. The first kappa shape index (κ1) is 10.3. The van der Waals surface area contributed by atoms with Crippen LogP contribution in [0.25, 0.3) is 0 Å². The fourth-order valence-electron chi connectivity index (χ4n) is 1.51. The summed E-state index contributed by atoms with van der Waals surface area (Å²) in [4.78, 5) is 4.25. The summed E-state index contributed by atoms with van der Waals surface area (Å²) in [6.07, 6.45) is 3.00. The lowest BCUT2D eigenvalue weighted by Gasteiger charge is -2.06. The predicted octanol–water partition coefficient (Wildman–Crippen LogP) is 2.44.